The van der Waals surface area contributed by atoms with E-state index in [9.17, 15) is 4.79 Å². The Morgan fingerprint density at radius 3 is 2.88 bits per heavy atom. The van der Waals surface area contributed by atoms with E-state index in [1.807, 2.05) is 17.2 Å². The summed E-state index contributed by atoms with van der Waals surface area (Å²) in [6, 6.07) is 0.0466. The Morgan fingerprint density at radius 1 is 1.50 bits per heavy atom. The van der Waals surface area contributed by atoms with Gasteiger partial charge in [0.1, 0.15) is 0 Å². The predicted molar refractivity (Wildman–Crippen MR) is 64.5 cm³/mol. The molecular weight excluding hydrogens is 222 g/mol. The van der Waals surface area contributed by atoms with Crippen LogP contribution in [-0.2, 0) is 6.54 Å². The highest BCUT2D eigenvalue weighted by molar-refractivity contribution is 7.09. The van der Waals surface area contributed by atoms with Crippen molar-refractivity contribution in [1.82, 2.24) is 15.2 Å². The number of aromatic nitrogens is 1. The summed E-state index contributed by atoms with van der Waals surface area (Å²) in [5.74, 6) is 0. The molecule has 4 nitrogen and oxygen atoms in total. The molecule has 2 rings (SSSR count). The normalized spacial score (nSPS) is 16.2. The molecule has 88 valence electrons. The maximum atomic E-state index is 11.8. The third-order valence-corrected chi connectivity index (χ3v) is 3.55. The Bertz CT molecular complexity index is 358. The highest BCUT2D eigenvalue weighted by Gasteiger charge is 2.15. The molecule has 0 aromatic carbocycles. The number of aryl methyl sites for hydroxylation is 1. The van der Waals surface area contributed by atoms with Crippen molar-refractivity contribution in [2.75, 3.05) is 13.1 Å². The molecule has 0 atom stereocenters. The van der Waals surface area contributed by atoms with Crippen molar-refractivity contribution in [2.45, 2.75) is 32.7 Å². The van der Waals surface area contributed by atoms with Crippen molar-refractivity contribution in [3.05, 3.63) is 16.1 Å². The lowest BCUT2D eigenvalue weighted by Crippen LogP contribution is -2.42. The molecule has 0 radical (unpaired) electrons. The summed E-state index contributed by atoms with van der Waals surface area (Å²) in [4.78, 5) is 18.0. The molecule has 2 heterocycles. The summed E-state index contributed by atoms with van der Waals surface area (Å²) in [6.45, 7) is 4.30. The number of hydrogen-bond donors (Lipinski definition) is 1. The summed E-state index contributed by atoms with van der Waals surface area (Å²) in [7, 11) is 0. The molecule has 1 N–H and O–H groups in total. The number of likely N-dealkylation sites (tertiary alicyclic amines) is 1. The van der Waals surface area contributed by atoms with Crippen LogP contribution >= 0.6 is 11.3 Å². The van der Waals surface area contributed by atoms with E-state index < -0.39 is 0 Å². The van der Waals surface area contributed by atoms with Gasteiger partial charge in [-0.1, -0.05) is 0 Å². The maximum Gasteiger partial charge on any atom is 0.317 e. The largest absolute Gasteiger partial charge is 0.332 e. The van der Waals surface area contributed by atoms with Crippen LogP contribution in [0, 0.1) is 6.92 Å². The molecule has 1 saturated heterocycles. The summed E-state index contributed by atoms with van der Waals surface area (Å²) in [6.07, 6.45) is 3.50. The standard InChI is InChI=1S/C11H17N3OS/c1-9-13-10(8-16-9)7-12-11(15)14-5-3-2-4-6-14/h8H,2-7H2,1H3,(H,12,15). The Hall–Kier alpha value is -1.10. The second-order valence-corrected chi connectivity index (χ2v) is 5.13. The molecule has 2 amide bonds. The van der Waals surface area contributed by atoms with Crippen LogP contribution in [0.5, 0.6) is 0 Å². The molecule has 1 aromatic heterocycles. The summed E-state index contributed by atoms with van der Waals surface area (Å²) >= 11 is 1.62. The van der Waals surface area contributed by atoms with Crippen LogP contribution in [0.3, 0.4) is 0 Å². The minimum absolute atomic E-state index is 0.0466. The van der Waals surface area contributed by atoms with E-state index >= 15 is 0 Å². The summed E-state index contributed by atoms with van der Waals surface area (Å²) < 4.78 is 0. The molecule has 1 aromatic rings. The smallest absolute Gasteiger partial charge is 0.317 e. The molecule has 0 unspecified atom stereocenters. The van der Waals surface area contributed by atoms with Gasteiger partial charge < -0.3 is 10.2 Å². The quantitative estimate of drug-likeness (QED) is 0.859. The fraction of sp³-hybridized carbons (Fsp3) is 0.636. The average Bonchev–Trinajstić information content (AvgIpc) is 2.73. The van der Waals surface area contributed by atoms with E-state index in [2.05, 4.69) is 10.3 Å². The third-order valence-electron chi connectivity index (χ3n) is 2.73. The number of amides is 2. The summed E-state index contributed by atoms with van der Waals surface area (Å²) in [5, 5.41) is 5.95. The van der Waals surface area contributed by atoms with Gasteiger partial charge >= 0.3 is 6.03 Å². The van der Waals surface area contributed by atoms with Crippen molar-refractivity contribution in [3.8, 4) is 0 Å². The van der Waals surface area contributed by atoms with Gasteiger partial charge in [0.15, 0.2) is 0 Å². The Balaban J connectivity index is 1.78. The van der Waals surface area contributed by atoms with Gasteiger partial charge in [0.2, 0.25) is 0 Å². The maximum absolute atomic E-state index is 11.8. The van der Waals surface area contributed by atoms with Gasteiger partial charge in [0.25, 0.3) is 0 Å². The predicted octanol–water partition coefficient (Wildman–Crippen LogP) is 2.15. The SMILES string of the molecule is Cc1nc(CNC(=O)N2CCCCC2)cs1. The van der Waals surface area contributed by atoms with Gasteiger partial charge in [-0.3, -0.25) is 0 Å². The monoisotopic (exact) mass is 239 g/mol. The van der Waals surface area contributed by atoms with Gasteiger partial charge in [-0.2, -0.15) is 0 Å². The van der Waals surface area contributed by atoms with Crippen molar-refractivity contribution in [2.24, 2.45) is 0 Å². The minimum Gasteiger partial charge on any atom is -0.332 e. The zero-order valence-corrected chi connectivity index (χ0v) is 10.3. The third kappa shape index (κ3) is 2.95. The second kappa shape index (κ2) is 5.30. The first-order chi connectivity index (χ1) is 7.75. The number of rotatable bonds is 2. The fourth-order valence-electron chi connectivity index (χ4n) is 1.86. The molecule has 0 bridgehead atoms. The Kier molecular flexibility index (Phi) is 3.77. The topological polar surface area (TPSA) is 45.2 Å². The van der Waals surface area contributed by atoms with Crippen molar-refractivity contribution in [3.63, 3.8) is 0 Å². The van der Waals surface area contributed by atoms with Crippen molar-refractivity contribution < 1.29 is 4.79 Å². The van der Waals surface area contributed by atoms with E-state index in [1.165, 1.54) is 6.42 Å². The first-order valence-electron chi connectivity index (χ1n) is 5.69. The van der Waals surface area contributed by atoms with Crippen LogP contribution in [-0.4, -0.2) is 29.0 Å². The van der Waals surface area contributed by atoms with E-state index in [1.54, 1.807) is 11.3 Å². The average molecular weight is 239 g/mol. The van der Waals surface area contributed by atoms with Gasteiger partial charge in [-0.25, -0.2) is 9.78 Å². The molecule has 1 fully saturated rings. The van der Waals surface area contributed by atoms with Crippen LogP contribution in [0.1, 0.15) is 30.0 Å². The zero-order valence-electron chi connectivity index (χ0n) is 9.53. The molecule has 0 aliphatic carbocycles. The van der Waals surface area contributed by atoms with Gasteiger partial charge in [-0.15, -0.1) is 11.3 Å². The second-order valence-electron chi connectivity index (χ2n) is 4.06. The highest BCUT2D eigenvalue weighted by Crippen LogP contribution is 2.10. The number of carbonyl (C=O) groups is 1. The lowest BCUT2D eigenvalue weighted by atomic mass is 10.1. The first-order valence-corrected chi connectivity index (χ1v) is 6.57. The molecule has 0 saturated carbocycles. The zero-order chi connectivity index (χ0) is 11.4. The number of thiazole rings is 1. The fourth-order valence-corrected chi connectivity index (χ4v) is 2.48. The lowest BCUT2D eigenvalue weighted by Gasteiger charge is -2.26. The molecule has 0 spiro atoms. The molecule has 1 aliphatic rings. The molecular formula is C11H17N3OS. The van der Waals surface area contributed by atoms with Crippen LogP contribution < -0.4 is 5.32 Å². The van der Waals surface area contributed by atoms with E-state index in [0.29, 0.717) is 6.54 Å². The first kappa shape index (κ1) is 11.4. The Morgan fingerprint density at radius 2 is 2.25 bits per heavy atom. The number of nitrogens with one attached hydrogen (secondary N) is 1. The lowest BCUT2D eigenvalue weighted by molar-refractivity contribution is 0.186. The number of nitrogens with zero attached hydrogens (tertiary/aromatic N) is 2. The number of hydrogen-bond acceptors (Lipinski definition) is 3. The van der Waals surface area contributed by atoms with Gasteiger partial charge in [-0.05, 0) is 26.2 Å². The number of piperidine rings is 1. The van der Waals surface area contributed by atoms with E-state index in [-0.39, 0.29) is 6.03 Å². The van der Waals surface area contributed by atoms with Crippen LogP contribution in [0.25, 0.3) is 0 Å². The summed E-state index contributed by atoms with van der Waals surface area (Å²) in [5.41, 5.74) is 0.952. The molecule has 1 aliphatic heterocycles. The molecule has 16 heavy (non-hydrogen) atoms. The van der Waals surface area contributed by atoms with Crippen LogP contribution in [0.4, 0.5) is 4.79 Å². The Labute approximate surface area is 99.7 Å². The number of carbonyl (C=O) groups excluding carboxylic acids is 1. The highest BCUT2D eigenvalue weighted by atomic mass is 32.1. The number of urea groups is 1. The molecule has 5 heteroatoms. The van der Waals surface area contributed by atoms with Crippen LogP contribution in [0.2, 0.25) is 0 Å². The van der Waals surface area contributed by atoms with E-state index in [4.69, 9.17) is 0 Å². The van der Waals surface area contributed by atoms with Crippen LogP contribution in [0.15, 0.2) is 5.38 Å². The van der Waals surface area contributed by atoms with Crippen molar-refractivity contribution in [1.29, 1.82) is 0 Å². The minimum atomic E-state index is 0.0466. The van der Waals surface area contributed by atoms with E-state index in [0.717, 1.165) is 36.6 Å². The van der Waals surface area contributed by atoms with Crippen molar-refractivity contribution >= 4 is 17.4 Å². The van der Waals surface area contributed by atoms with Gasteiger partial charge in [0.05, 0.1) is 17.2 Å². The van der Waals surface area contributed by atoms with Gasteiger partial charge in [0, 0.05) is 18.5 Å².